The van der Waals surface area contributed by atoms with Gasteiger partial charge in [-0.15, -0.1) is 10.2 Å². The molecule has 0 spiro atoms. The van der Waals surface area contributed by atoms with E-state index >= 15 is 0 Å². The quantitative estimate of drug-likeness (QED) is 0.702. The van der Waals surface area contributed by atoms with Gasteiger partial charge in [-0.05, 0) is 17.2 Å². The van der Waals surface area contributed by atoms with Crippen LogP contribution < -0.4 is 10.8 Å². The predicted octanol–water partition coefficient (Wildman–Crippen LogP) is 1.49. The van der Waals surface area contributed by atoms with Gasteiger partial charge in [0.15, 0.2) is 11.2 Å². The number of hydrogen-bond donors (Lipinski definition) is 1. The Balaban J connectivity index is 1.87. The van der Waals surface area contributed by atoms with Crippen molar-refractivity contribution in [3.63, 3.8) is 0 Å². The summed E-state index contributed by atoms with van der Waals surface area (Å²) >= 11 is 0. The van der Waals surface area contributed by atoms with Crippen LogP contribution in [0, 0.1) is 0 Å². The summed E-state index contributed by atoms with van der Waals surface area (Å²) in [7, 11) is -1.67. The number of carbonyl (C=O) groups excluding carboxylic acids is 2. The van der Waals surface area contributed by atoms with Gasteiger partial charge in [-0.2, -0.15) is 4.80 Å². The third kappa shape index (κ3) is 5.76. The van der Waals surface area contributed by atoms with E-state index in [9.17, 15) is 9.59 Å². The molecule has 0 bridgehead atoms. The molecular weight excluding hydrogens is 350 g/mol. The topological polar surface area (TPSA) is 99.0 Å². The SMILES string of the molecule is CCC(NC(=O)OCc1ccccc1)C(=O)Cn1nnc([Si](C)(C)C)n1. The van der Waals surface area contributed by atoms with Crippen LogP contribution in [-0.2, 0) is 22.7 Å². The number of ether oxygens (including phenoxy) is 1. The zero-order valence-electron chi connectivity index (χ0n) is 15.6. The molecule has 1 heterocycles. The first-order chi connectivity index (χ1) is 12.3. The highest BCUT2D eigenvalue weighted by Gasteiger charge is 2.25. The molecule has 1 amide bonds. The third-order valence-electron chi connectivity index (χ3n) is 3.72. The molecule has 8 nitrogen and oxygen atoms in total. The summed E-state index contributed by atoms with van der Waals surface area (Å²) < 4.78 is 5.16. The van der Waals surface area contributed by atoms with Crippen molar-refractivity contribution in [3.8, 4) is 0 Å². The standard InChI is InChI=1S/C17H25N5O3Si/c1-5-14(18-17(24)25-12-13-9-7-6-8-10-13)15(23)11-22-20-16(19-21-22)26(2,3)4/h6-10,14H,5,11-12H2,1-4H3,(H,18,24). The average molecular weight is 376 g/mol. The van der Waals surface area contributed by atoms with E-state index < -0.39 is 20.2 Å². The molecule has 0 aliphatic rings. The average Bonchev–Trinajstić information content (AvgIpc) is 3.07. The number of aromatic nitrogens is 4. The zero-order chi connectivity index (χ0) is 19.2. The van der Waals surface area contributed by atoms with Gasteiger partial charge in [0.25, 0.3) is 0 Å². The summed E-state index contributed by atoms with van der Waals surface area (Å²) in [5.41, 5.74) is 1.58. The molecule has 0 radical (unpaired) electrons. The Morgan fingerprint density at radius 2 is 1.92 bits per heavy atom. The first-order valence-electron chi connectivity index (χ1n) is 8.57. The smallest absolute Gasteiger partial charge is 0.408 e. The molecule has 0 saturated heterocycles. The Morgan fingerprint density at radius 1 is 1.23 bits per heavy atom. The summed E-state index contributed by atoms with van der Waals surface area (Å²) in [5.74, 6) is -0.191. The minimum absolute atomic E-state index is 0.0328. The van der Waals surface area contributed by atoms with Gasteiger partial charge in [0.2, 0.25) is 0 Å². The van der Waals surface area contributed by atoms with Crippen molar-refractivity contribution >= 4 is 25.4 Å². The second-order valence-corrected chi connectivity index (χ2v) is 12.0. The molecule has 1 aromatic carbocycles. The third-order valence-corrected chi connectivity index (χ3v) is 5.26. The first kappa shape index (κ1) is 19.8. The number of hydrogen-bond acceptors (Lipinski definition) is 6. The van der Waals surface area contributed by atoms with Crippen LogP contribution in [0.5, 0.6) is 0 Å². The zero-order valence-corrected chi connectivity index (χ0v) is 16.6. The second-order valence-electron chi connectivity index (χ2n) is 7.03. The summed E-state index contributed by atoms with van der Waals surface area (Å²) in [6, 6.07) is 8.70. The number of Topliss-reactive ketones (excluding diaryl/α,β-unsaturated/α-hetero) is 1. The lowest BCUT2D eigenvalue weighted by Crippen LogP contribution is -2.43. The van der Waals surface area contributed by atoms with E-state index in [2.05, 4.69) is 40.4 Å². The summed E-state index contributed by atoms with van der Waals surface area (Å²) in [6.07, 6.45) is -0.169. The molecule has 26 heavy (non-hydrogen) atoms. The van der Waals surface area contributed by atoms with Crippen LogP contribution >= 0.6 is 0 Å². The van der Waals surface area contributed by atoms with Crippen molar-refractivity contribution in [2.75, 3.05) is 0 Å². The van der Waals surface area contributed by atoms with Gasteiger partial charge in [-0.25, -0.2) is 4.79 Å². The van der Waals surface area contributed by atoms with Gasteiger partial charge in [-0.1, -0.05) is 56.9 Å². The number of rotatable bonds is 8. The van der Waals surface area contributed by atoms with Crippen LogP contribution in [-0.4, -0.2) is 46.2 Å². The summed E-state index contributed by atoms with van der Waals surface area (Å²) in [5, 5.41) is 14.9. The van der Waals surface area contributed by atoms with Crippen LogP contribution in [0.2, 0.25) is 19.6 Å². The lowest BCUT2D eigenvalue weighted by molar-refractivity contribution is -0.122. The molecule has 9 heteroatoms. The number of tetrazole rings is 1. The van der Waals surface area contributed by atoms with Crippen molar-refractivity contribution < 1.29 is 14.3 Å². The molecule has 140 valence electrons. The van der Waals surface area contributed by atoms with E-state index in [1.807, 2.05) is 37.3 Å². The van der Waals surface area contributed by atoms with Crippen molar-refractivity contribution in [1.29, 1.82) is 0 Å². The lowest BCUT2D eigenvalue weighted by Gasteiger charge is -2.15. The number of benzene rings is 1. The van der Waals surface area contributed by atoms with Gasteiger partial charge in [0, 0.05) is 0 Å². The van der Waals surface area contributed by atoms with Crippen LogP contribution in [0.15, 0.2) is 30.3 Å². The molecular formula is C17H25N5O3Si. The Labute approximate surface area is 153 Å². The number of amides is 1. The first-order valence-corrected chi connectivity index (χ1v) is 12.1. The molecule has 1 unspecified atom stereocenters. The molecule has 0 aliphatic heterocycles. The van der Waals surface area contributed by atoms with Crippen molar-refractivity contribution in [3.05, 3.63) is 35.9 Å². The Kier molecular flexibility index (Phi) is 6.62. The van der Waals surface area contributed by atoms with Gasteiger partial charge in [0.1, 0.15) is 21.2 Å². The lowest BCUT2D eigenvalue weighted by atomic mass is 10.1. The molecule has 0 fully saturated rings. The van der Waals surface area contributed by atoms with Crippen LogP contribution in [0.3, 0.4) is 0 Å². The number of ketones is 1. The second kappa shape index (κ2) is 8.70. The molecule has 1 N–H and O–H groups in total. The van der Waals surface area contributed by atoms with Crippen molar-refractivity contribution in [2.24, 2.45) is 0 Å². The fraction of sp³-hybridized carbons (Fsp3) is 0.471. The molecule has 1 aromatic heterocycles. The Morgan fingerprint density at radius 3 is 2.50 bits per heavy atom. The molecule has 2 aromatic rings. The van der Waals surface area contributed by atoms with Crippen LogP contribution in [0.25, 0.3) is 0 Å². The van der Waals surface area contributed by atoms with E-state index in [4.69, 9.17) is 4.74 Å². The predicted molar refractivity (Wildman–Crippen MR) is 99.6 cm³/mol. The highest BCUT2D eigenvalue weighted by Crippen LogP contribution is 2.02. The molecule has 0 aliphatic carbocycles. The maximum atomic E-state index is 12.4. The van der Waals surface area contributed by atoms with Gasteiger partial charge in [0.05, 0.1) is 6.04 Å². The maximum Gasteiger partial charge on any atom is 0.408 e. The van der Waals surface area contributed by atoms with Gasteiger partial charge in [-0.3, -0.25) is 4.79 Å². The molecule has 0 saturated carbocycles. The van der Waals surface area contributed by atoms with Gasteiger partial charge < -0.3 is 10.1 Å². The Bertz CT molecular complexity index is 742. The summed E-state index contributed by atoms with van der Waals surface area (Å²) in [4.78, 5) is 25.7. The monoisotopic (exact) mass is 375 g/mol. The Hall–Kier alpha value is -2.55. The minimum atomic E-state index is -1.67. The largest absolute Gasteiger partial charge is 0.445 e. The number of alkyl carbamates (subject to hydrolysis) is 1. The van der Waals surface area contributed by atoms with E-state index in [0.717, 1.165) is 5.56 Å². The van der Waals surface area contributed by atoms with E-state index in [0.29, 0.717) is 11.9 Å². The summed E-state index contributed by atoms with van der Waals surface area (Å²) in [6.45, 7) is 8.26. The molecule has 1 atom stereocenters. The fourth-order valence-electron chi connectivity index (χ4n) is 2.18. The van der Waals surface area contributed by atoms with Gasteiger partial charge >= 0.3 is 6.09 Å². The van der Waals surface area contributed by atoms with E-state index in [-0.39, 0.29) is 18.9 Å². The minimum Gasteiger partial charge on any atom is -0.445 e. The number of carbonyl (C=O) groups is 2. The molecule has 2 rings (SSSR count). The number of nitrogens with one attached hydrogen (secondary N) is 1. The van der Waals surface area contributed by atoms with E-state index in [1.54, 1.807) is 0 Å². The maximum absolute atomic E-state index is 12.4. The van der Waals surface area contributed by atoms with Crippen molar-refractivity contribution in [1.82, 2.24) is 25.5 Å². The fourth-order valence-corrected chi connectivity index (χ4v) is 2.94. The van der Waals surface area contributed by atoms with Crippen LogP contribution in [0.4, 0.5) is 4.79 Å². The normalized spacial score (nSPS) is 12.5. The number of nitrogens with zero attached hydrogens (tertiary/aromatic N) is 4. The van der Waals surface area contributed by atoms with Crippen LogP contribution in [0.1, 0.15) is 18.9 Å². The highest BCUT2D eigenvalue weighted by atomic mass is 28.3. The highest BCUT2D eigenvalue weighted by molar-refractivity contribution is 6.87. The van der Waals surface area contributed by atoms with E-state index in [1.165, 1.54) is 4.80 Å². The van der Waals surface area contributed by atoms with Crippen molar-refractivity contribution in [2.45, 2.75) is 52.2 Å².